The Morgan fingerprint density at radius 3 is 2.70 bits per heavy atom. The van der Waals surface area contributed by atoms with Crippen LogP contribution in [0.3, 0.4) is 0 Å². The van der Waals surface area contributed by atoms with Gasteiger partial charge in [-0.1, -0.05) is 30.0 Å². The van der Waals surface area contributed by atoms with Gasteiger partial charge in [0.1, 0.15) is 5.82 Å². The molecule has 3 rings (SSSR count). The van der Waals surface area contributed by atoms with E-state index in [0.717, 1.165) is 24.4 Å². The Labute approximate surface area is 140 Å². The van der Waals surface area contributed by atoms with Crippen LogP contribution >= 0.6 is 11.8 Å². The zero-order valence-electron chi connectivity index (χ0n) is 13.0. The highest BCUT2D eigenvalue weighted by Gasteiger charge is 2.30. The van der Waals surface area contributed by atoms with Crippen LogP contribution in [0.15, 0.2) is 35.5 Å². The molecule has 1 aliphatic rings. The van der Waals surface area contributed by atoms with Gasteiger partial charge in [0, 0.05) is 18.2 Å². The van der Waals surface area contributed by atoms with Crippen molar-refractivity contribution in [1.82, 2.24) is 19.5 Å². The van der Waals surface area contributed by atoms with Crippen LogP contribution < -0.4 is 4.72 Å². The summed E-state index contributed by atoms with van der Waals surface area (Å²) in [5.41, 5.74) is 1.01. The predicted molar refractivity (Wildman–Crippen MR) is 91.5 cm³/mol. The van der Waals surface area contributed by atoms with E-state index in [4.69, 9.17) is 0 Å². The number of benzene rings is 1. The lowest BCUT2D eigenvalue weighted by molar-refractivity contribution is 0.585. The van der Waals surface area contributed by atoms with Crippen molar-refractivity contribution in [3.63, 3.8) is 0 Å². The Morgan fingerprint density at radius 2 is 2.04 bits per heavy atom. The minimum atomic E-state index is -3.13. The molecule has 124 valence electrons. The van der Waals surface area contributed by atoms with Gasteiger partial charge in [0.2, 0.25) is 15.2 Å². The topological polar surface area (TPSA) is 76.9 Å². The summed E-state index contributed by atoms with van der Waals surface area (Å²) in [5, 5.41) is 5.29. The molecular formula is C15H20N4O2S2. The largest absolute Gasteiger partial charge is 0.216 e. The first-order chi connectivity index (χ1) is 11.1. The fraction of sp³-hybridized carbons (Fsp3) is 0.467. The van der Waals surface area contributed by atoms with Crippen molar-refractivity contribution < 1.29 is 8.42 Å². The van der Waals surface area contributed by atoms with E-state index < -0.39 is 10.0 Å². The van der Waals surface area contributed by atoms with Crippen LogP contribution in [0.1, 0.15) is 31.5 Å². The molecule has 1 fully saturated rings. The molecule has 1 saturated carbocycles. The second kappa shape index (κ2) is 7.02. The summed E-state index contributed by atoms with van der Waals surface area (Å²) < 4.78 is 27.3. The van der Waals surface area contributed by atoms with Gasteiger partial charge in [0.15, 0.2) is 0 Å². The van der Waals surface area contributed by atoms with Gasteiger partial charge < -0.3 is 0 Å². The van der Waals surface area contributed by atoms with E-state index in [1.54, 1.807) is 6.92 Å². The molecule has 1 aromatic heterocycles. The molecule has 0 amide bonds. The number of nitrogens with zero attached hydrogens (tertiary/aromatic N) is 3. The third-order valence-corrected chi connectivity index (χ3v) is 5.83. The zero-order chi connectivity index (χ0) is 16.3. The molecule has 23 heavy (non-hydrogen) atoms. The van der Waals surface area contributed by atoms with E-state index in [-0.39, 0.29) is 5.75 Å². The number of hydrogen-bond acceptors (Lipinski definition) is 5. The number of hydrogen-bond donors (Lipinski definition) is 1. The SMILES string of the molecule is CCS(=O)(=O)NCCSc1nc(C2CC2)n(-c2ccccc2)n1. The van der Waals surface area contributed by atoms with Gasteiger partial charge in [0.05, 0.1) is 11.4 Å². The standard InChI is InChI=1S/C15H20N4O2S2/c1-2-23(20,21)16-10-11-22-15-17-14(12-8-9-12)19(18-15)13-6-4-3-5-7-13/h3-7,12,16H,2,8-11H2,1H3. The van der Waals surface area contributed by atoms with Gasteiger partial charge in [-0.25, -0.2) is 22.8 Å². The van der Waals surface area contributed by atoms with E-state index in [0.29, 0.717) is 23.4 Å². The number of para-hydroxylation sites is 1. The average molecular weight is 352 g/mol. The number of sulfonamides is 1. The lowest BCUT2D eigenvalue weighted by Crippen LogP contribution is -2.27. The molecule has 0 aliphatic heterocycles. The molecule has 6 nitrogen and oxygen atoms in total. The molecule has 0 bridgehead atoms. The molecule has 0 unspecified atom stereocenters. The van der Waals surface area contributed by atoms with Crippen molar-refractivity contribution in [3.05, 3.63) is 36.2 Å². The minimum absolute atomic E-state index is 0.102. The maximum Gasteiger partial charge on any atom is 0.211 e. The smallest absolute Gasteiger partial charge is 0.211 e. The Kier molecular flexibility index (Phi) is 5.03. The third-order valence-electron chi connectivity index (χ3n) is 3.59. The van der Waals surface area contributed by atoms with Crippen molar-refractivity contribution >= 4 is 21.8 Å². The van der Waals surface area contributed by atoms with E-state index in [1.165, 1.54) is 11.8 Å². The number of nitrogens with one attached hydrogen (secondary N) is 1. The average Bonchev–Trinajstić information content (AvgIpc) is 3.32. The predicted octanol–water partition coefficient (Wildman–Crippen LogP) is 2.18. The molecule has 1 heterocycles. The summed E-state index contributed by atoms with van der Waals surface area (Å²) in [4.78, 5) is 4.64. The van der Waals surface area contributed by atoms with Crippen LogP contribution in [-0.4, -0.2) is 41.2 Å². The number of aromatic nitrogens is 3. The van der Waals surface area contributed by atoms with Crippen LogP contribution in [0.5, 0.6) is 0 Å². The highest BCUT2D eigenvalue weighted by molar-refractivity contribution is 7.99. The van der Waals surface area contributed by atoms with E-state index in [9.17, 15) is 8.42 Å². The lowest BCUT2D eigenvalue weighted by Gasteiger charge is -2.03. The van der Waals surface area contributed by atoms with Gasteiger partial charge in [0.25, 0.3) is 0 Å². The highest BCUT2D eigenvalue weighted by atomic mass is 32.2. The second-order valence-corrected chi connectivity index (χ2v) is 8.58. The minimum Gasteiger partial charge on any atom is -0.216 e. The van der Waals surface area contributed by atoms with Crippen molar-refractivity contribution in [2.45, 2.75) is 30.8 Å². The fourth-order valence-corrected chi connectivity index (χ4v) is 3.60. The fourth-order valence-electron chi connectivity index (χ4n) is 2.17. The molecule has 1 N–H and O–H groups in total. The Balaban J connectivity index is 1.67. The van der Waals surface area contributed by atoms with Crippen LogP contribution in [-0.2, 0) is 10.0 Å². The van der Waals surface area contributed by atoms with Crippen LogP contribution in [0.2, 0.25) is 0 Å². The first-order valence-corrected chi connectivity index (χ1v) is 10.4. The molecule has 0 radical (unpaired) electrons. The molecular weight excluding hydrogens is 332 g/mol. The molecule has 0 saturated heterocycles. The first-order valence-electron chi connectivity index (χ1n) is 7.71. The van der Waals surface area contributed by atoms with Crippen LogP contribution in [0, 0.1) is 0 Å². The quantitative estimate of drug-likeness (QED) is 0.582. The normalized spacial score (nSPS) is 15.0. The molecule has 8 heteroatoms. The van der Waals surface area contributed by atoms with E-state index >= 15 is 0 Å². The lowest BCUT2D eigenvalue weighted by atomic mass is 10.3. The molecule has 0 atom stereocenters. The van der Waals surface area contributed by atoms with Gasteiger partial charge in [-0.15, -0.1) is 5.10 Å². The zero-order valence-corrected chi connectivity index (χ0v) is 14.6. The van der Waals surface area contributed by atoms with Gasteiger partial charge in [-0.05, 0) is 31.9 Å². The summed E-state index contributed by atoms with van der Waals surface area (Å²) in [5.74, 6) is 2.22. The van der Waals surface area contributed by atoms with Gasteiger partial charge in [-0.3, -0.25) is 0 Å². The van der Waals surface area contributed by atoms with E-state index in [1.807, 2.05) is 35.0 Å². The van der Waals surface area contributed by atoms with Gasteiger partial charge in [-0.2, -0.15) is 0 Å². The Hall–Kier alpha value is -1.38. The number of rotatable bonds is 8. The highest BCUT2D eigenvalue weighted by Crippen LogP contribution is 2.40. The van der Waals surface area contributed by atoms with Crippen molar-refractivity contribution in [2.75, 3.05) is 18.1 Å². The molecule has 2 aromatic rings. The summed E-state index contributed by atoms with van der Waals surface area (Å²) in [7, 11) is -3.13. The van der Waals surface area contributed by atoms with E-state index in [2.05, 4.69) is 14.8 Å². The molecule has 1 aromatic carbocycles. The summed E-state index contributed by atoms with van der Waals surface area (Å²) in [6.07, 6.45) is 2.32. The Morgan fingerprint density at radius 1 is 1.30 bits per heavy atom. The molecule has 1 aliphatic carbocycles. The van der Waals surface area contributed by atoms with Crippen LogP contribution in [0.4, 0.5) is 0 Å². The summed E-state index contributed by atoms with van der Waals surface area (Å²) >= 11 is 1.48. The van der Waals surface area contributed by atoms with Crippen molar-refractivity contribution in [3.8, 4) is 5.69 Å². The Bertz CT molecular complexity index is 755. The number of thioether (sulfide) groups is 1. The summed E-state index contributed by atoms with van der Waals surface area (Å²) in [6.45, 7) is 2.01. The monoisotopic (exact) mass is 352 g/mol. The first kappa shape index (κ1) is 16.5. The third kappa shape index (κ3) is 4.33. The summed E-state index contributed by atoms with van der Waals surface area (Å²) in [6, 6.07) is 9.99. The maximum absolute atomic E-state index is 11.4. The maximum atomic E-state index is 11.4. The van der Waals surface area contributed by atoms with Crippen LogP contribution in [0.25, 0.3) is 5.69 Å². The molecule has 0 spiro atoms. The van der Waals surface area contributed by atoms with Crippen molar-refractivity contribution in [1.29, 1.82) is 0 Å². The second-order valence-electron chi connectivity index (χ2n) is 5.42. The van der Waals surface area contributed by atoms with Gasteiger partial charge >= 0.3 is 0 Å². The van der Waals surface area contributed by atoms with Crippen molar-refractivity contribution in [2.24, 2.45) is 0 Å².